The quantitative estimate of drug-likeness (QED) is 0.816. The van der Waals surface area contributed by atoms with Gasteiger partial charge in [-0.3, -0.25) is 4.79 Å². The van der Waals surface area contributed by atoms with Crippen LogP contribution < -0.4 is 5.32 Å². The highest BCUT2D eigenvalue weighted by Gasteiger charge is 2.30. The molecule has 0 bridgehead atoms. The third-order valence-corrected chi connectivity index (χ3v) is 4.55. The van der Waals surface area contributed by atoms with Gasteiger partial charge >= 0.3 is 0 Å². The second kappa shape index (κ2) is 5.85. The zero-order valence-electron chi connectivity index (χ0n) is 11.2. The van der Waals surface area contributed by atoms with Crippen molar-refractivity contribution in [2.24, 2.45) is 11.8 Å². The molecule has 2 aliphatic heterocycles. The summed E-state index contributed by atoms with van der Waals surface area (Å²) >= 11 is 0. The second-order valence-corrected chi connectivity index (χ2v) is 5.67. The first kappa shape index (κ1) is 12.9. The van der Waals surface area contributed by atoms with Crippen LogP contribution in [0.4, 0.5) is 0 Å². The van der Waals surface area contributed by atoms with Gasteiger partial charge in [0.2, 0.25) is 5.91 Å². The average molecular weight is 238 g/mol. The predicted molar refractivity (Wildman–Crippen MR) is 69.8 cm³/mol. The summed E-state index contributed by atoms with van der Waals surface area (Å²) in [7, 11) is 0. The maximum Gasteiger partial charge on any atom is 0.225 e. The lowest BCUT2D eigenvalue weighted by molar-refractivity contribution is -0.136. The first-order valence-electron chi connectivity index (χ1n) is 7.24. The average Bonchev–Trinajstić information content (AvgIpc) is 2.91. The molecule has 3 heteroatoms. The maximum atomic E-state index is 12.1. The summed E-state index contributed by atoms with van der Waals surface area (Å²) in [4.78, 5) is 14.2. The highest BCUT2D eigenvalue weighted by Crippen LogP contribution is 2.26. The van der Waals surface area contributed by atoms with Crippen LogP contribution in [0.1, 0.15) is 46.0 Å². The summed E-state index contributed by atoms with van der Waals surface area (Å²) in [6.45, 7) is 7.29. The number of nitrogens with zero attached hydrogens (tertiary/aromatic N) is 1. The first-order chi connectivity index (χ1) is 8.22. The molecule has 17 heavy (non-hydrogen) atoms. The topological polar surface area (TPSA) is 32.3 Å². The number of piperidine rings is 1. The van der Waals surface area contributed by atoms with Crippen LogP contribution in [0.5, 0.6) is 0 Å². The zero-order chi connectivity index (χ0) is 12.3. The molecule has 0 radical (unpaired) electrons. The molecule has 2 saturated heterocycles. The molecule has 0 spiro atoms. The van der Waals surface area contributed by atoms with Crippen LogP contribution in [-0.4, -0.2) is 36.5 Å². The number of hydrogen-bond donors (Lipinski definition) is 1. The van der Waals surface area contributed by atoms with Crippen LogP contribution in [0.25, 0.3) is 0 Å². The molecule has 2 rings (SSSR count). The number of carbonyl (C=O) groups is 1. The molecule has 1 N–H and O–H groups in total. The highest BCUT2D eigenvalue weighted by molar-refractivity contribution is 5.78. The summed E-state index contributed by atoms with van der Waals surface area (Å²) in [5.41, 5.74) is 0. The van der Waals surface area contributed by atoms with Crippen LogP contribution in [0.3, 0.4) is 0 Å². The molecule has 2 heterocycles. The van der Waals surface area contributed by atoms with Gasteiger partial charge in [0, 0.05) is 25.0 Å². The number of carbonyl (C=O) groups excluding carboxylic acids is 1. The third-order valence-electron chi connectivity index (χ3n) is 4.55. The van der Waals surface area contributed by atoms with E-state index in [-0.39, 0.29) is 5.92 Å². The van der Waals surface area contributed by atoms with E-state index >= 15 is 0 Å². The fraction of sp³-hybridized carbons (Fsp3) is 0.929. The standard InChI is InChI=1S/C14H26N2O/c1-3-11(2)14(17)16-9-6-12(7-10-16)13-5-4-8-15-13/h11-13,15H,3-10H2,1-2H3. The van der Waals surface area contributed by atoms with Gasteiger partial charge in [-0.2, -0.15) is 0 Å². The van der Waals surface area contributed by atoms with Crippen LogP contribution in [-0.2, 0) is 4.79 Å². The van der Waals surface area contributed by atoms with Crippen molar-refractivity contribution in [1.29, 1.82) is 0 Å². The van der Waals surface area contributed by atoms with Crippen molar-refractivity contribution in [3.05, 3.63) is 0 Å². The smallest absolute Gasteiger partial charge is 0.225 e. The maximum absolute atomic E-state index is 12.1. The van der Waals surface area contributed by atoms with E-state index in [1.54, 1.807) is 0 Å². The van der Waals surface area contributed by atoms with Crippen molar-refractivity contribution in [2.75, 3.05) is 19.6 Å². The molecule has 0 saturated carbocycles. The molecule has 3 nitrogen and oxygen atoms in total. The van der Waals surface area contributed by atoms with E-state index in [0.717, 1.165) is 31.5 Å². The minimum atomic E-state index is 0.205. The van der Waals surface area contributed by atoms with Gasteiger partial charge in [0.15, 0.2) is 0 Å². The Labute approximate surface area is 105 Å². The summed E-state index contributed by atoms with van der Waals surface area (Å²) in [6, 6.07) is 0.732. The fourth-order valence-electron chi connectivity index (χ4n) is 3.12. The minimum Gasteiger partial charge on any atom is -0.342 e. The zero-order valence-corrected chi connectivity index (χ0v) is 11.2. The van der Waals surface area contributed by atoms with Crippen LogP contribution in [0.2, 0.25) is 0 Å². The predicted octanol–water partition coefficient (Wildman–Crippen LogP) is 2.02. The minimum absolute atomic E-state index is 0.205. The van der Waals surface area contributed by atoms with Crippen LogP contribution >= 0.6 is 0 Å². The Morgan fingerprint density at radius 2 is 2.06 bits per heavy atom. The molecule has 0 aromatic heterocycles. The van der Waals surface area contributed by atoms with Crippen molar-refractivity contribution in [3.63, 3.8) is 0 Å². The summed E-state index contributed by atoms with van der Waals surface area (Å²) in [6.07, 6.45) is 6.02. The molecule has 1 amide bonds. The lowest BCUT2D eigenvalue weighted by atomic mass is 9.88. The van der Waals surface area contributed by atoms with E-state index in [2.05, 4.69) is 17.1 Å². The van der Waals surface area contributed by atoms with Gasteiger partial charge in [-0.25, -0.2) is 0 Å². The van der Waals surface area contributed by atoms with Crippen molar-refractivity contribution in [3.8, 4) is 0 Å². The first-order valence-corrected chi connectivity index (χ1v) is 7.24. The highest BCUT2D eigenvalue weighted by atomic mass is 16.2. The van der Waals surface area contributed by atoms with E-state index < -0.39 is 0 Å². The Hall–Kier alpha value is -0.570. The monoisotopic (exact) mass is 238 g/mol. The van der Waals surface area contributed by atoms with E-state index in [1.807, 2.05) is 6.92 Å². The van der Waals surface area contributed by atoms with Gasteiger partial charge in [-0.1, -0.05) is 13.8 Å². The van der Waals surface area contributed by atoms with E-state index in [4.69, 9.17) is 0 Å². The molecule has 0 aromatic rings. The van der Waals surface area contributed by atoms with E-state index in [9.17, 15) is 4.79 Å². The fourth-order valence-corrected chi connectivity index (χ4v) is 3.12. The second-order valence-electron chi connectivity index (χ2n) is 5.67. The van der Waals surface area contributed by atoms with Crippen LogP contribution in [0.15, 0.2) is 0 Å². The molecule has 98 valence electrons. The van der Waals surface area contributed by atoms with E-state index in [1.165, 1.54) is 32.2 Å². The lowest BCUT2D eigenvalue weighted by Crippen LogP contribution is -2.44. The number of amides is 1. The molecule has 0 aromatic carbocycles. The number of hydrogen-bond acceptors (Lipinski definition) is 2. The molecular weight excluding hydrogens is 212 g/mol. The van der Waals surface area contributed by atoms with Gasteiger partial charge in [-0.05, 0) is 44.6 Å². The number of rotatable bonds is 3. The molecule has 2 aliphatic rings. The van der Waals surface area contributed by atoms with Gasteiger partial charge in [0.25, 0.3) is 0 Å². The molecule has 2 atom stereocenters. The Morgan fingerprint density at radius 1 is 1.35 bits per heavy atom. The molecule has 2 unspecified atom stereocenters. The van der Waals surface area contributed by atoms with Gasteiger partial charge in [0.05, 0.1) is 0 Å². The van der Waals surface area contributed by atoms with Crippen molar-refractivity contribution in [2.45, 2.75) is 52.0 Å². The molecular formula is C14H26N2O. The lowest BCUT2D eigenvalue weighted by Gasteiger charge is -2.36. The Balaban J connectivity index is 1.79. The van der Waals surface area contributed by atoms with Gasteiger partial charge in [-0.15, -0.1) is 0 Å². The summed E-state index contributed by atoms with van der Waals surface area (Å²) in [5, 5.41) is 3.60. The third kappa shape index (κ3) is 3.01. The molecule has 0 aliphatic carbocycles. The molecule has 2 fully saturated rings. The van der Waals surface area contributed by atoms with Crippen molar-refractivity contribution < 1.29 is 4.79 Å². The van der Waals surface area contributed by atoms with E-state index in [0.29, 0.717) is 5.91 Å². The normalized spacial score (nSPS) is 28.4. The van der Waals surface area contributed by atoms with Crippen molar-refractivity contribution >= 4 is 5.91 Å². The summed E-state index contributed by atoms with van der Waals surface area (Å²) in [5.74, 6) is 1.37. The van der Waals surface area contributed by atoms with Gasteiger partial charge in [0.1, 0.15) is 0 Å². The number of nitrogens with one attached hydrogen (secondary N) is 1. The van der Waals surface area contributed by atoms with Crippen LogP contribution in [0, 0.1) is 11.8 Å². The Morgan fingerprint density at radius 3 is 2.59 bits per heavy atom. The van der Waals surface area contributed by atoms with Gasteiger partial charge < -0.3 is 10.2 Å². The number of likely N-dealkylation sites (tertiary alicyclic amines) is 1. The Kier molecular flexibility index (Phi) is 4.43. The largest absolute Gasteiger partial charge is 0.342 e. The van der Waals surface area contributed by atoms with Crippen molar-refractivity contribution in [1.82, 2.24) is 10.2 Å². The SMILES string of the molecule is CCC(C)C(=O)N1CCC(C2CCCN2)CC1. The summed E-state index contributed by atoms with van der Waals surface area (Å²) < 4.78 is 0. The Bertz CT molecular complexity index is 253.